The van der Waals surface area contributed by atoms with E-state index in [0.29, 0.717) is 17.4 Å². The molecule has 1 heterocycles. The van der Waals surface area contributed by atoms with E-state index in [1.165, 1.54) is 12.0 Å². The average Bonchev–Trinajstić information content (AvgIpc) is 2.00. The van der Waals surface area contributed by atoms with Crippen molar-refractivity contribution in [3.63, 3.8) is 0 Å². The fraction of sp³-hybridized carbons (Fsp3) is 0.846. The molecule has 1 aliphatic heterocycles. The lowest BCUT2D eigenvalue weighted by Gasteiger charge is -2.48. The van der Waals surface area contributed by atoms with Gasteiger partial charge in [0.1, 0.15) is 0 Å². The van der Waals surface area contributed by atoms with Gasteiger partial charge in [0.2, 0.25) is 0 Å². The second-order valence-electron chi connectivity index (χ2n) is 5.75. The third-order valence-electron chi connectivity index (χ3n) is 4.02. The van der Waals surface area contributed by atoms with Crippen LogP contribution in [-0.2, 0) is 4.74 Å². The summed E-state index contributed by atoms with van der Waals surface area (Å²) < 4.78 is 5.92. The van der Waals surface area contributed by atoms with Gasteiger partial charge < -0.3 is 4.74 Å². The van der Waals surface area contributed by atoms with Gasteiger partial charge in [-0.05, 0) is 37.0 Å². The molecule has 1 fully saturated rings. The second-order valence-corrected chi connectivity index (χ2v) is 5.75. The quantitative estimate of drug-likeness (QED) is 0.537. The topological polar surface area (TPSA) is 9.23 Å². The molecule has 0 N–H and O–H groups in total. The molecular weight excluding hydrogens is 172 g/mol. The number of hydrogen-bond acceptors (Lipinski definition) is 1. The van der Waals surface area contributed by atoms with Crippen molar-refractivity contribution in [2.75, 3.05) is 6.61 Å². The highest BCUT2D eigenvalue weighted by atomic mass is 16.5. The Kier molecular flexibility index (Phi) is 2.46. The molecule has 14 heavy (non-hydrogen) atoms. The van der Waals surface area contributed by atoms with E-state index in [1.807, 2.05) is 0 Å². The largest absolute Gasteiger partial charge is 0.378 e. The predicted octanol–water partition coefficient (Wildman–Crippen LogP) is 3.40. The Morgan fingerprint density at radius 3 is 2.86 bits per heavy atom. The van der Waals surface area contributed by atoms with E-state index < -0.39 is 0 Å². The number of rotatable bonds is 0. The van der Waals surface area contributed by atoms with Gasteiger partial charge in [0.05, 0.1) is 6.10 Å². The molecule has 3 atom stereocenters. The van der Waals surface area contributed by atoms with E-state index in [9.17, 15) is 0 Å². The number of allylic oxidation sites excluding steroid dienone is 1. The first-order valence-corrected chi connectivity index (χ1v) is 5.79. The van der Waals surface area contributed by atoms with E-state index in [2.05, 4.69) is 33.8 Å². The Labute approximate surface area is 87.5 Å². The standard InChI is InChI=1S/C13H22O/c1-9-7-10(2)12-11(8-9)14-6-5-13(12,3)4/h7,10-12H,5-6,8H2,1-4H3. The molecule has 2 aliphatic rings. The van der Waals surface area contributed by atoms with E-state index in [1.54, 1.807) is 0 Å². The molecule has 1 aliphatic carbocycles. The van der Waals surface area contributed by atoms with E-state index in [-0.39, 0.29) is 0 Å². The van der Waals surface area contributed by atoms with Gasteiger partial charge in [-0.25, -0.2) is 0 Å². The zero-order valence-electron chi connectivity index (χ0n) is 9.84. The molecule has 0 spiro atoms. The van der Waals surface area contributed by atoms with Crippen LogP contribution in [0.15, 0.2) is 11.6 Å². The van der Waals surface area contributed by atoms with Gasteiger partial charge in [0.15, 0.2) is 0 Å². The SMILES string of the molecule is CC1=CC(C)C2C(C1)OCCC2(C)C. The Bertz CT molecular complexity index is 252. The Morgan fingerprint density at radius 1 is 1.43 bits per heavy atom. The summed E-state index contributed by atoms with van der Waals surface area (Å²) in [5.74, 6) is 1.41. The third kappa shape index (κ3) is 1.63. The Morgan fingerprint density at radius 2 is 2.14 bits per heavy atom. The van der Waals surface area contributed by atoms with Crippen molar-refractivity contribution < 1.29 is 4.74 Å². The summed E-state index contributed by atoms with van der Waals surface area (Å²) in [7, 11) is 0. The maximum atomic E-state index is 5.92. The van der Waals surface area contributed by atoms with Crippen molar-refractivity contribution in [2.24, 2.45) is 17.3 Å². The minimum atomic E-state index is 0.458. The van der Waals surface area contributed by atoms with Gasteiger partial charge in [0, 0.05) is 6.61 Å². The number of fused-ring (bicyclic) bond motifs is 1. The molecule has 2 rings (SSSR count). The lowest BCUT2D eigenvalue weighted by atomic mass is 9.63. The first kappa shape index (κ1) is 10.2. The van der Waals surface area contributed by atoms with Crippen molar-refractivity contribution in [1.29, 1.82) is 0 Å². The lowest BCUT2D eigenvalue weighted by molar-refractivity contribution is -0.105. The van der Waals surface area contributed by atoms with Crippen LogP contribution in [-0.4, -0.2) is 12.7 Å². The summed E-state index contributed by atoms with van der Waals surface area (Å²) in [6.45, 7) is 10.3. The highest BCUT2D eigenvalue weighted by molar-refractivity contribution is 5.12. The van der Waals surface area contributed by atoms with Gasteiger partial charge >= 0.3 is 0 Å². The molecule has 0 saturated carbocycles. The number of ether oxygens (including phenoxy) is 1. The normalized spacial score (nSPS) is 41.4. The second kappa shape index (κ2) is 3.37. The van der Waals surface area contributed by atoms with E-state index >= 15 is 0 Å². The summed E-state index contributed by atoms with van der Waals surface area (Å²) in [5.41, 5.74) is 1.97. The monoisotopic (exact) mass is 194 g/mol. The molecule has 0 aromatic carbocycles. The minimum Gasteiger partial charge on any atom is -0.378 e. The molecule has 0 bridgehead atoms. The van der Waals surface area contributed by atoms with Crippen LogP contribution in [0.1, 0.15) is 40.5 Å². The summed E-state index contributed by atoms with van der Waals surface area (Å²) in [5, 5.41) is 0. The van der Waals surface area contributed by atoms with Crippen molar-refractivity contribution in [2.45, 2.75) is 46.6 Å². The van der Waals surface area contributed by atoms with Gasteiger partial charge in [-0.2, -0.15) is 0 Å². The van der Waals surface area contributed by atoms with E-state index in [0.717, 1.165) is 18.9 Å². The predicted molar refractivity (Wildman–Crippen MR) is 59.2 cm³/mol. The zero-order valence-corrected chi connectivity index (χ0v) is 9.84. The van der Waals surface area contributed by atoms with Crippen LogP contribution in [0.2, 0.25) is 0 Å². The van der Waals surface area contributed by atoms with Gasteiger partial charge in [-0.3, -0.25) is 0 Å². The molecular formula is C13H22O. The highest BCUT2D eigenvalue weighted by Gasteiger charge is 2.43. The van der Waals surface area contributed by atoms with Crippen molar-refractivity contribution in [1.82, 2.24) is 0 Å². The highest BCUT2D eigenvalue weighted by Crippen LogP contribution is 2.47. The van der Waals surface area contributed by atoms with Crippen LogP contribution in [0, 0.1) is 17.3 Å². The first-order valence-electron chi connectivity index (χ1n) is 5.79. The molecule has 1 saturated heterocycles. The first-order chi connectivity index (χ1) is 6.50. The summed E-state index contributed by atoms with van der Waals surface area (Å²) in [6, 6.07) is 0. The summed E-state index contributed by atoms with van der Waals surface area (Å²) >= 11 is 0. The summed E-state index contributed by atoms with van der Waals surface area (Å²) in [4.78, 5) is 0. The van der Waals surface area contributed by atoms with Gasteiger partial charge in [0.25, 0.3) is 0 Å². The van der Waals surface area contributed by atoms with Crippen LogP contribution in [0.25, 0.3) is 0 Å². The molecule has 80 valence electrons. The molecule has 0 aromatic rings. The smallest absolute Gasteiger partial charge is 0.0650 e. The van der Waals surface area contributed by atoms with Crippen molar-refractivity contribution in [3.05, 3.63) is 11.6 Å². The summed E-state index contributed by atoms with van der Waals surface area (Å²) in [6.07, 6.45) is 5.29. The van der Waals surface area contributed by atoms with Crippen LogP contribution in [0.3, 0.4) is 0 Å². The Balaban J connectivity index is 2.26. The van der Waals surface area contributed by atoms with Gasteiger partial charge in [-0.1, -0.05) is 32.4 Å². The van der Waals surface area contributed by atoms with Crippen molar-refractivity contribution >= 4 is 0 Å². The number of hydrogen-bond donors (Lipinski definition) is 0. The fourth-order valence-electron chi connectivity index (χ4n) is 3.42. The van der Waals surface area contributed by atoms with Crippen LogP contribution < -0.4 is 0 Å². The average molecular weight is 194 g/mol. The lowest BCUT2D eigenvalue weighted by Crippen LogP contribution is -2.46. The minimum absolute atomic E-state index is 0.458. The van der Waals surface area contributed by atoms with Crippen molar-refractivity contribution in [3.8, 4) is 0 Å². The van der Waals surface area contributed by atoms with Crippen LogP contribution in [0.5, 0.6) is 0 Å². The maximum Gasteiger partial charge on any atom is 0.0650 e. The molecule has 3 unspecified atom stereocenters. The zero-order chi connectivity index (χ0) is 10.3. The maximum absolute atomic E-state index is 5.92. The Hall–Kier alpha value is -0.300. The van der Waals surface area contributed by atoms with Crippen LogP contribution in [0.4, 0.5) is 0 Å². The van der Waals surface area contributed by atoms with Crippen LogP contribution >= 0.6 is 0 Å². The fourth-order valence-corrected chi connectivity index (χ4v) is 3.42. The molecule has 1 nitrogen and oxygen atoms in total. The molecule has 0 aromatic heterocycles. The molecule has 0 amide bonds. The molecule has 1 heteroatoms. The van der Waals surface area contributed by atoms with E-state index in [4.69, 9.17) is 4.74 Å². The molecule has 0 radical (unpaired) electrons. The third-order valence-corrected chi connectivity index (χ3v) is 4.02. The van der Waals surface area contributed by atoms with Gasteiger partial charge in [-0.15, -0.1) is 0 Å².